The highest BCUT2D eigenvalue weighted by molar-refractivity contribution is 5.89. The molecule has 4 aromatic rings. The second kappa shape index (κ2) is 10.8. The summed E-state index contributed by atoms with van der Waals surface area (Å²) in [4.78, 5) is 29.2. The third kappa shape index (κ3) is 5.32. The Morgan fingerprint density at radius 3 is 2.58 bits per heavy atom. The Balaban J connectivity index is 1.48. The third-order valence-electron chi connectivity index (χ3n) is 6.82. The predicted molar refractivity (Wildman–Crippen MR) is 136 cm³/mol. The quantitative estimate of drug-likeness (QED) is 0.395. The summed E-state index contributed by atoms with van der Waals surface area (Å²) in [6, 6.07) is 18.2. The fourth-order valence-electron chi connectivity index (χ4n) is 4.86. The molecule has 2 aromatic carbocycles. The first-order valence-corrected chi connectivity index (χ1v) is 12.6. The number of nitrogens with zero attached hydrogens (tertiary/aromatic N) is 4. The molecule has 186 valence electrons. The summed E-state index contributed by atoms with van der Waals surface area (Å²) >= 11 is 0. The van der Waals surface area contributed by atoms with Gasteiger partial charge in [-0.15, -0.1) is 5.10 Å². The van der Waals surface area contributed by atoms with Gasteiger partial charge in [-0.3, -0.25) is 9.59 Å². The van der Waals surface area contributed by atoms with Crippen LogP contribution in [0.4, 0.5) is 0 Å². The van der Waals surface area contributed by atoms with E-state index in [1.54, 1.807) is 21.7 Å². The van der Waals surface area contributed by atoms with E-state index in [4.69, 9.17) is 4.42 Å². The number of hydrogen-bond donors (Lipinski definition) is 1. The van der Waals surface area contributed by atoms with Gasteiger partial charge in [-0.05, 0) is 49.6 Å². The molecule has 5 rings (SSSR count). The molecular weight excluding hydrogens is 454 g/mol. The zero-order valence-corrected chi connectivity index (χ0v) is 20.5. The molecule has 1 saturated carbocycles. The van der Waals surface area contributed by atoms with Gasteiger partial charge in [-0.1, -0.05) is 66.4 Å². The number of benzene rings is 2. The van der Waals surface area contributed by atoms with Crippen molar-refractivity contribution in [2.24, 2.45) is 0 Å². The molecular formula is C28H31N5O3. The van der Waals surface area contributed by atoms with Crippen LogP contribution in [0.3, 0.4) is 0 Å². The number of para-hydroxylation sites is 1. The van der Waals surface area contributed by atoms with Crippen molar-refractivity contribution >= 4 is 22.8 Å². The lowest BCUT2D eigenvalue weighted by Crippen LogP contribution is -2.47. The number of fused-ring (bicyclic) bond motifs is 1. The molecule has 0 radical (unpaired) electrons. The smallest absolute Gasteiger partial charge is 0.250 e. The summed E-state index contributed by atoms with van der Waals surface area (Å²) in [6.45, 7) is 2.24. The van der Waals surface area contributed by atoms with Gasteiger partial charge < -0.3 is 14.6 Å². The summed E-state index contributed by atoms with van der Waals surface area (Å²) in [7, 11) is 0. The van der Waals surface area contributed by atoms with E-state index in [1.807, 2.05) is 55.5 Å². The molecule has 2 heterocycles. The molecule has 0 bridgehead atoms. The normalized spacial score (nSPS) is 15.0. The summed E-state index contributed by atoms with van der Waals surface area (Å²) in [6.07, 6.45) is 6.83. The van der Waals surface area contributed by atoms with Crippen molar-refractivity contribution in [1.29, 1.82) is 0 Å². The van der Waals surface area contributed by atoms with E-state index < -0.39 is 6.04 Å². The van der Waals surface area contributed by atoms with Gasteiger partial charge in [0.1, 0.15) is 17.8 Å². The monoisotopic (exact) mass is 485 g/mol. The Labute approximate surface area is 210 Å². The van der Waals surface area contributed by atoms with Crippen molar-refractivity contribution in [1.82, 2.24) is 25.2 Å². The molecule has 8 nitrogen and oxygen atoms in total. The number of nitrogens with one attached hydrogen (secondary N) is 1. The topological polar surface area (TPSA) is 93.3 Å². The average molecular weight is 486 g/mol. The maximum atomic E-state index is 13.9. The van der Waals surface area contributed by atoms with Crippen molar-refractivity contribution in [2.45, 2.75) is 64.2 Å². The van der Waals surface area contributed by atoms with Crippen molar-refractivity contribution in [3.63, 3.8) is 0 Å². The molecule has 36 heavy (non-hydrogen) atoms. The van der Waals surface area contributed by atoms with Crippen molar-refractivity contribution < 1.29 is 14.0 Å². The largest absolute Gasteiger partial charge is 0.467 e. The van der Waals surface area contributed by atoms with Gasteiger partial charge in [0.25, 0.3) is 5.91 Å². The molecule has 1 fully saturated rings. The van der Waals surface area contributed by atoms with E-state index >= 15 is 0 Å². The Morgan fingerprint density at radius 1 is 1.06 bits per heavy atom. The maximum absolute atomic E-state index is 13.9. The van der Waals surface area contributed by atoms with Gasteiger partial charge in [0, 0.05) is 12.6 Å². The highest BCUT2D eigenvalue weighted by Gasteiger charge is 2.35. The lowest BCUT2D eigenvalue weighted by molar-refractivity contribution is -0.143. The Bertz CT molecular complexity index is 1310. The highest BCUT2D eigenvalue weighted by atomic mass is 16.3. The number of carbonyl (C=O) groups excluding carboxylic acids is 2. The molecule has 8 heteroatoms. The number of amides is 2. The lowest BCUT2D eigenvalue weighted by atomic mass is 9.95. The number of rotatable bonds is 8. The Morgan fingerprint density at radius 2 is 1.83 bits per heavy atom. The minimum atomic E-state index is -0.898. The molecule has 0 saturated heterocycles. The van der Waals surface area contributed by atoms with Gasteiger partial charge in [-0.25, -0.2) is 4.68 Å². The van der Waals surface area contributed by atoms with Crippen LogP contribution in [0.25, 0.3) is 11.0 Å². The zero-order chi connectivity index (χ0) is 24.9. The SMILES string of the molecule is Cc1ccc(CN(C(=O)Cn2nnc3ccccc32)[C@@H](C(=O)NC2CCCCC2)c2ccco2)cc1. The number of aromatic nitrogens is 3. The zero-order valence-electron chi connectivity index (χ0n) is 20.5. The molecule has 0 unspecified atom stereocenters. The van der Waals surface area contributed by atoms with Crippen LogP contribution >= 0.6 is 0 Å². The van der Waals surface area contributed by atoms with Crippen LogP contribution in [0.5, 0.6) is 0 Å². The highest BCUT2D eigenvalue weighted by Crippen LogP contribution is 2.27. The Hall–Kier alpha value is -3.94. The summed E-state index contributed by atoms with van der Waals surface area (Å²) in [5.41, 5.74) is 3.54. The lowest BCUT2D eigenvalue weighted by Gasteiger charge is -2.32. The van der Waals surface area contributed by atoms with Crippen LogP contribution in [0.15, 0.2) is 71.3 Å². The second-order valence-corrected chi connectivity index (χ2v) is 9.50. The van der Waals surface area contributed by atoms with Crippen LogP contribution < -0.4 is 5.32 Å². The molecule has 0 aliphatic heterocycles. The van der Waals surface area contributed by atoms with Crippen LogP contribution in [-0.4, -0.2) is 37.7 Å². The second-order valence-electron chi connectivity index (χ2n) is 9.50. The van der Waals surface area contributed by atoms with Gasteiger partial charge in [0.05, 0.1) is 11.8 Å². The molecule has 1 atom stereocenters. The van der Waals surface area contributed by atoms with Crippen LogP contribution in [0, 0.1) is 6.92 Å². The molecule has 2 amide bonds. The fourth-order valence-corrected chi connectivity index (χ4v) is 4.86. The summed E-state index contributed by atoms with van der Waals surface area (Å²) in [5.74, 6) is -0.0283. The standard InChI is InChI=1S/C28H31N5O3/c1-20-13-15-21(16-14-20)18-32(26(34)19-33-24-11-6-5-10-23(24)30-31-33)27(25-12-7-17-36-25)28(35)29-22-8-3-2-4-9-22/h5-7,10-17,22,27H,2-4,8-9,18-19H2,1H3,(H,29,35)/t27-/m1/s1. The van der Waals surface area contributed by atoms with Crippen molar-refractivity contribution in [3.05, 3.63) is 83.8 Å². The van der Waals surface area contributed by atoms with E-state index in [0.717, 1.165) is 42.3 Å². The average Bonchev–Trinajstić information content (AvgIpc) is 3.56. The van der Waals surface area contributed by atoms with E-state index in [-0.39, 0.29) is 30.9 Å². The number of aryl methyl sites for hydroxylation is 1. The molecule has 2 aromatic heterocycles. The predicted octanol–water partition coefficient (Wildman–Crippen LogP) is 4.55. The van der Waals surface area contributed by atoms with Gasteiger partial charge in [0.15, 0.2) is 6.04 Å². The maximum Gasteiger partial charge on any atom is 0.250 e. The van der Waals surface area contributed by atoms with E-state index in [9.17, 15) is 9.59 Å². The summed E-state index contributed by atoms with van der Waals surface area (Å²) < 4.78 is 7.29. The minimum absolute atomic E-state index is 0.0414. The first kappa shape index (κ1) is 23.8. The number of carbonyl (C=O) groups is 2. The van der Waals surface area contributed by atoms with E-state index in [1.165, 1.54) is 12.7 Å². The van der Waals surface area contributed by atoms with Gasteiger partial charge >= 0.3 is 0 Å². The molecule has 1 aliphatic rings. The van der Waals surface area contributed by atoms with Gasteiger partial charge in [0.2, 0.25) is 5.91 Å². The molecule has 1 aliphatic carbocycles. The number of furan rings is 1. The first-order chi connectivity index (χ1) is 17.6. The third-order valence-corrected chi connectivity index (χ3v) is 6.82. The van der Waals surface area contributed by atoms with Crippen LogP contribution in [0.1, 0.15) is 55.0 Å². The van der Waals surface area contributed by atoms with E-state index in [0.29, 0.717) is 11.3 Å². The van der Waals surface area contributed by atoms with Crippen molar-refractivity contribution in [3.8, 4) is 0 Å². The first-order valence-electron chi connectivity index (χ1n) is 12.6. The molecule has 0 spiro atoms. The van der Waals surface area contributed by atoms with Gasteiger partial charge in [-0.2, -0.15) is 0 Å². The molecule has 1 N–H and O–H groups in total. The fraction of sp³-hybridized carbons (Fsp3) is 0.357. The van der Waals surface area contributed by atoms with Crippen LogP contribution in [0.2, 0.25) is 0 Å². The summed E-state index contributed by atoms with van der Waals surface area (Å²) in [5, 5.41) is 11.6. The van der Waals surface area contributed by atoms with Crippen molar-refractivity contribution in [2.75, 3.05) is 0 Å². The van der Waals surface area contributed by atoms with Crippen LogP contribution in [-0.2, 0) is 22.7 Å². The number of hydrogen-bond acceptors (Lipinski definition) is 5. The van der Waals surface area contributed by atoms with E-state index in [2.05, 4.69) is 15.6 Å². The minimum Gasteiger partial charge on any atom is -0.467 e. The Kier molecular flexibility index (Phi) is 7.11.